The van der Waals surface area contributed by atoms with Crippen LogP contribution >= 0.6 is 35.6 Å². The fourth-order valence-corrected chi connectivity index (χ4v) is 4.05. The highest BCUT2D eigenvalue weighted by molar-refractivity contribution is 6.42. The first-order valence-corrected chi connectivity index (χ1v) is 10.3. The number of carbonyl (C=O) groups excluding carboxylic acids is 1. The second kappa shape index (κ2) is 9.73. The van der Waals surface area contributed by atoms with Crippen molar-refractivity contribution in [2.75, 3.05) is 13.1 Å². The van der Waals surface area contributed by atoms with Gasteiger partial charge in [0.2, 0.25) is 0 Å². The molecule has 0 N–H and O–H groups in total. The third-order valence-electron chi connectivity index (χ3n) is 5.19. The second-order valence-corrected chi connectivity index (χ2v) is 7.99. The summed E-state index contributed by atoms with van der Waals surface area (Å²) in [4.78, 5) is 28.2. The van der Waals surface area contributed by atoms with Gasteiger partial charge >= 0.3 is 0 Å². The van der Waals surface area contributed by atoms with Gasteiger partial charge in [0.15, 0.2) is 0 Å². The van der Waals surface area contributed by atoms with Crippen molar-refractivity contribution in [3.63, 3.8) is 0 Å². The van der Waals surface area contributed by atoms with E-state index in [4.69, 9.17) is 28.2 Å². The molecule has 0 radical (unpaired) electrons. The van der Waals surface area contributed by atoms with Crippen molar-refractivity contribution < 1.29 is 4.79 Å². The lowest BCUT2D eigenvalue weighted by Crippen LogP contribution is -2.39. The zero-order chi connectivity index (χ0) is 20.4. The summed E-state index contributed by atoms with van der Waals surface area (Å²) >= 11 is 12.1. The largest absolute Gasteiger partial charge is 0.338 e. The van der Waals surface area contributed by atoms with Crippen LogP contribution in [-0.2, 0) is 0 Å². The summed E-state index contributed by atoms with van der Waals surface area (Å²) in [6.45, 7) is 3.21. The molecular formula is C22H21Cl3N4O. The lowest BCUT2D eigenvalue weighted by Gasteiger charge is -2.33. The molecule has 1 atom stereocenters. The first-order valence-electron chi connectivity index (χ1n) is 9.51. The number of likely N-dealkylation sites (tertiary alicyclic amines) is 1. The Balaban J connectivity index is 0.00000256. The SMILES string of the molecule is Cc1ncc(-c2ccncc2)c(C2CCCN(C(=O)c3ccc(Cl)c(Cl)c3)C2)n1.Cl. The molecule has 1 fully saturated rings. The zero-order valence-corrected chi connectivity index (χ0v) is 18.7. The summed E-state index contributed by atoms with van der Waals surface area (Å²) in [5.74, 6) is 0.829. The van der Waals surface area contributed by atoms with E-state index in [1.54, 1.807) is 30.6 Å². The molecule has 3 heterocycles. The number of hydrogen-bond acceptors (Lipinski definition) is 4. The molecule has 5 nitrogen and oxygen atoms in total. The lowest BCUT2D eigenvalue weighted by molar-refractivity contribution is 0.0706. The van der Waals surface area contributed by atoms with Crippen LogP contribution in [0.3, 0.4) is 0 Å². The van der Waals surface area contributed by atoms with Crippen LogP contribution in [0, 0.1) is 6.92 Å². The molecule has 1 aromatic carbocycles. The number of benzene rings is 1. The molecule has 2 aromatic heterocycles. The molecule has 1 unspecified atom stereocenters. The lowest BCUT2D eigenvalue weighted by atomic mass is 9.89. The van der Waals surface area contributed by atoms with Crippen LogP contribution in [0.1, 0.15) is 40.6 Å². The smallest absolute Gasteiger partial charge is 0.253 e. The Morgan fingerprint density at radius 2 is 1.90 bits per heavy atom. The molecule has 0 saturated carbocycles. The van der Waals surface area contributed by atoms with Gasteiger partial charge in [-0.1, -0.05) is 23.2 Å². The molecule has 1 aliphatic heterocycles. The molecule has 0 bridgehead atoms. The third-order valence-corrected chi connectivity index (χ3v) is 5.93. The van der Waals surface area contributed by atoms with Crippen LogP contribution in [0.4, 0.5) is 0 Å². The van der Waals surface area contributed by atoms with Crippen LogP contribution in [-0.4, -0.2) is 38.8 Å². The molecule has 1 amide bonds. The average molecular weight is 464 g/mol. The first kappa shape index (κ1) is 22.5. The summed E-state index contributed by atoms with van der Waals surface area (Å²) < 4.78 is 0. The Hall–Kier alpha value is -2.21. The number of nitrogens with zero attached hydrogens (tertiary/aromatic N) is 4. The highest BCUT2D eigenvalue weighted by atomic mass is 35.5. The standard InChI is InChI=1S/C22H20Cl2N4O.ClH/c1-14-26-12-18(15-6-8-25-9-7-15)21(27-14)17-3-2-10-28(13-17)22(29)16-4-5-19(23)20(24)11-16;/h4-9,11-12,17H,2-3,10,13H2,1H3;1H. The maximum Gasteiger partial charge on any atom is 0.253 e. The summed E-state index contributed by atoms with van der Waals surface area (Å²) in [5, 5.41) is 0.829. The van der Waals surface area contributed by atoms with Gasteiger partial charge < -0.3 is 4.90 Å². The molecule has 3 aromatic rings. The predicted molar refractivity (Wildman–Crippen MR) is 122 cm³/mol. The number of hydrogen-bond donors (Lipinski definition) is 0. The summed E-state index contributed by atoms with van der Waals surface area (Å²) in [6, 6.07) is 8.93. The van der Waals surface area contributed by atoms with Crippen LogP contribution in [0.2, 0.25) is 10.0 Å². The molecular weight excluding hydrogens is 443 g/mol. The van der Waals surface area contributed by atoms with Gasteiger partial charge in [-0.25, -0.2) is 9.97 Å². The van der Waals surface area contributed by atoms with E-state index in [0.29, 0.717) is 28.7 Å². The topological polar surface area (TPSA) is 59.0 Å². The van der Waals surface area contributed by atoms with Gasteiger partial charge in [0, 0.05) is 48.7 Å². The molecule has 1 aliphatic rings. The molecule has 0 aliphatic carbocycles. The Bertz CT molecular complexity index is 1050. The number of aryl methyl sites for hydroxylation is 1. The minimum absolute atomic E-state index is 0. The van der Waals surface area contributed by atoms with Gasteiger partial charge in [0.1, 0.15) is 5.82 Å². The minimum Gasteiger partial charge on any atom is -0.338 e. The highest BCUT2D eigenvalue weighted by Crippen LogP contribution is 2.33. The summed E-state index contributed by atoms with van der Waals surface area (Å²) in [6.07, 6.45) is 7.28. The van der Waals surface area contributed by atoms with Crippen LogP contribution < -0.4 is 0 Å². The number of aromatic nitrogens is 3. The van der Waals surface area contributed by atoms with Gasteiger partial charge in [-0.05, 0) is 55.7 Å². The molecule has 30 heavy (non-hydrogen) atoms. The number of halogens is 3. The Morgan fingerprint density at radius 3 is 2.63 bits per heavy atom. The molecule has 1 saturated heterocycles. The molecule has 4 rings (SSSR count). The fraction of sp³-hybridized carbons (Fsp3) is 0.273. The van der Waals surface area contributed by atoms with Crippen molar-refractivity contribution in [2.24, 2.45) is 0 Å². The third kappa shape index (κ3) is 4.75. The summed E-state index contributed by atoms with van der Waals surface area (Å²) in [5.41, 5.74) is 3.55. The second-order valence-electron chi connectivity index (χ2n) is 7.17. The maximum atomic E-state index is 13.0. The van der Waals surface area contributed by atoms with E-state index >= 15 is 0 Å². The molecule has 0 spiro atoms. The zero-order valence-electron chi connectivity index (χ0n) is 16.4. The Labute approximate surface area is 191 Å². The van der Waals surface area contributed by atoms with Crippen LogP contribution in [0.25, 0.3) is 11.1 Å². The highest BCUT2D eigenvalue weighted by Gasteiger charge is 2.28. The van der Waals surface area contributed by atoms with Gasteiger partial charge in [-0.2, -0.15) is 0 Å². The van der Waals surface area contributed by atoms with E-state index in [2.05, 4.69) is 9.97 Å². The number of amides is 1. The summed E-state index contributed by atoms with van der Waals surface area (Å²) in [7, 11) is 0. The van der Waals surface area contributed by atoms with Crippen molar-refractivity contribution in [3.05, 3.63) is 76.0 Å². The van der Waals surface area contributed by atoms with E-state index < -0.39 is 0 Å². The van der Waals surface area contributed by atoms with E-state index in [0.717, 1.165) is 35.5 Å². The number of rotatable bonds is 3. The molecule has 156 valence electrons. The van der Waals surface area contributed by atoms with Gasteiger partial charge in [0.25, 0.3) is 5.91 Å². The van der Waals surface area contributed by atoms with Crippen molar-refractivity contribution in [2.45, 2.75) is 25.7 Å². The van der Waals surface area contributed by atoms with Crippen molar-refractivity contribution in [1.29, 1.82) is 0 Å². The normalized spacial score (nSPS) is 16.1. The van der Waals surface area contributed by atoms with Gasteiger partial charge in [-0.15, -0.1) is 12.4 Å². The van der Waals surface area contributed by atoms with E-state index in [1.807, 2.05) is 30.2 Å². The van der Waals surface area contributed by atoms with E-state index in [1.165, 1.54) is 0 Å². The van der Waals surface area contributed by atoms with Crippen molar-refractivity contribution >= 4 is 41.5 Å². The van der Waals surface area contributed by atoms with E-state index in [-0.39, 0.29) is 24.2 Å². The number of piperidine rings is 1. The number of pyridine rings is 1. The predicted octanol–water partition coefficient (Wildman–Crippen LogP) is 5.60. The molecule has 8 heteroatoms. The van der Waals surface area contributed by atoms with E-state index in [9.17, 15) is 4.79 Å². The quantitative estimate of drug-likeness (QED) is 0.507. The van der Waals surface area contributed by atoms with Gasteiger partial charge in [0.05, 0.1) is 15.7 Å². The van der Waals surface area contributed by atoms with Crippen molar-refractivity contribution in [3.8, 4) is 11.1 Å². The fourth-order valence-electron chi connectivity index (χ4n) is 3.75. The van der Waals surface area contributed by atoms with Crippen LogP contribution in [0.5, 0.6) is 0 Å². The first-order chi connectivity index (χ1) is 14.0. The minimum atomic E-state index is -0.0375. The van der Waals surface area contributed by atoms with Gasteiger partial charge in [-0.3, -0.25) is 9.78 Å². The Morgan fingerprint density at radius 1 is 1.13 bits per heavy atom. The average Bonchev–Trinajstić information content (AvgIpc) is 2.76. The number of carbonyl (C=O) groups is 1. The van der Waals surface area contributed by atoms with Crippen molar-refractivity contribution in [1.82, 2.24) is 19.9 Å². The maximum absolute atomic E-state index is 13.0. The van der Waals surface area contributed by atoms with Crippen LogP contribution in [0.15, 0.2) is 48.9 Å². The Kier molecular flexibility index (Phi) is 7.29. The monoisotopic (exact) mass is 462 g/mol.